The van der Waals surface area contributed by atoms with Gasteiger partial charge in [0.05, 0.1) is 12.3 Å². The number of carbonyl (C=O) groups is 1. The Hall–Kier alpha value is -1.86. The summed E-state index contributed by atoms with van der Waals surface area (Å²) in [4.78, 5) is 13.7. The summed E-state index contributed by atoms with van der Waals surface area (Å²) in [7, 11) is 0. The van der Waals surface area contributed by atoms with E-state index in [2.05, 4.69) is 17.0 Å². The highest BCUT2D eigenvalue weighted by Crippen LogP contribution is 2.10. The van der Waals surface area contributed by atoms with Gasteiger partial charge in [-0.05, 0) is 27.7 Å². The van der Waals surface area contributed by atoms with E-state index in [1.165, 1.54) is 4.90 Å². The highest BCUT2D eigenvalue weighted by Gasteiger charge is 2.22. The summed E-state index contributed by atoms with van der Waals surface area (Å²) in [6, 6.07) is 0. The third-order valence-electron chi connectivity index (χ3n) is 2.87. The van der Waals surface area contributed by atoms with Gasteiger partial charge in [-0.2, -0.15) is 5.10 Å². The van der Waals surface area contributed by atoms with Crippen molar-refractivity contribution in [1.82, 2.24) is 20.0 Å². The Kier molecular flexibility index (Phi) is 7.25. The molecule has 0 aliphatic heterocycles. The molecular weight excluding hydrogens is 296 g/mol. The summed E-state index contributed by atoms with van der Waals surface area (Å²) in [5, 5.41) is 16.9. The zero-order chi connectivity index (χ0) is 17.5. The molecule has 7 nitrogen and oxygen atoms in total. The van der Waals surface area contributed by atoms with E-state index >= 15 is 0 Å². The van der Waals surface area contributed by atoms with E-state index in [-0.39, 0.29) is 6.54 Å². The lowest BCUT2D eigenvalue weighted by atomic mass is 10.2. The Morgan fingerprint density at radius 2 is 2.30 bits per heavy atom. The van der Waals surface area contributed by atoms with Crippen molar-refractivity contribution in [3.8, 4) is 0 Å². The molecule has 1 aromatic heterocycles. The number of amides is 1. The standard InChI is InChI=1S/C16H28N4O3/c1-6-20-12-14(10-18-20)9-17-7-8-19(11-13(2)21)15(22)23-16(3,4)5/h6,10,12-13,17,21H,1,7-9,11H2,2-5H3. The van der Waals surface area contributed by atoms with E-state index in [0.717, 1.165) is 5.56 Å². The highest BCUT2D eigenvalue weighted by atomic mass is 16.6. The maximum Gasteiger partial charge on any atom is 0.410 e. The second kappa shape index (κ2) is 8.69. The Bertz CT molecular complexity index is 506. The Labute approximate surface area is 137 Å². The van der Waals surface area contributed by atoms with Crippen LogP contribution in [0.3, 0.4) is 0 Å². The van der Waals surface area contributed by atoms with Gasteiger partial charge in [0.15, 0.2) is 0 Å². The lowest BCUT2D eigenvalue weighted by Crippen LogP contribution is -2.43. The molecule has 1 atom stereocenters. The van der Waals surface area contributed by atoms with Gasteiger partial charge in [0, 0.05) is 44.1 Å². The average Bonchev–Trinajstić information content (AvgIpc) is 2.87. The summed E-state index contributed by atoms with van der Waals surface area (Å²) in [6.07, 6.45) is 4.24. The molecule has 0 fully saturated rings. The van der Waals surface area contributed by atoms with Crippen molar-refractivity contribution in [1.29, 1.82) is 0 Å². The van der Waals surface area contributed by atoms with Gasteiger partial charge < -0.3 is 20.1 Å². The van der Waals surface area contributed by atoms with Crippen LogP contribution in [0.15, 0.2) is 19.0 Å². The van der Waals surface area contributed by atoms with Gasteiger partial charge in [-0.25, -0.2) is 9.48 Å². The molecule has 1 rings (SSSR count). The molecule has 0 aliphatic rings. The molecule has 0 aliphatic carbocycles. The lowest BCUT2D eigenvalue weighted by Gasteiger charge is -2.28. The summed E-state index contributed by atoms with van der Waals surface area (Å²) in [5.74, 6) is 0. The second-order valence-corrected chi connectivity index (χ2v) is 6.46. The molecule has 1 aromatic rings. The molecule has 0 bridgehead atoms. The summed E-state index contributed by atoms with van der Waals surface area (Å²) in [5.41, 5.74) is 0.477. The van der Waals surface area contributed by atoms with Crippen molar-refractivity contribution in [2.24, 2.45) is 0 Å². The lowest BCUT2D eigenvalue weighted by molar-refractivity contribution is 0.0164. The van der Waals surface area contributed by atoms with Crippen LogP contribution in [0.5, 0.6) is 0 Å². The zero-order valence-corrected chi connectivity index (χ0v) is 14.5. The molecule has 0 saturated heterocycles. The number of carbonyl (C=O) groups excluding carboxylic acids is 1. The van der Waals surface area contributed by atoms with Crippen LogP contribution in [0.2, 0.25) is 0 Å². The van der Waals surface area contributed by atoms with E-state index in [1.807, 2.05) is 27.0 Å². The van der Waals surface area contributed by atoms with E-state index in [0.29, 0.717) is 19.6 Å². The van der Waals surface area contributed by atoms with Crippen molar-refractivity contribution < 1.29 is 14.6 Å². The summed E-state index contributed by atoms with van der Waals surface area (Å²) in [6.45, 7) is 12.7. The van der Waals surface area contributed by atoms with Gasteiger partial charge in [0.25, 0.3) is 0 Å². The summed E-state index contributed by atoms with van der Waals surface area (Å²) < 4.78 is 6.99. The molecule has 7 heteroatoms. The van der Waals surface area contributed by atoms with Crippen molar-refractivity contribution in [3.05, 3.63) is 24.5 Å². The van der Waals surface area contributed by atoms with Gasteiger partial charge >= 0.3 is 6.09 Å². The number of rotatable bonds is 8. The van der Waals surface area contributed by atoms with E-state index < -0.39 is 17.8 Å². The number of ether oxygens (including phenoxy) is 1. The minimum Gasteiger partial charge on any atom is -0.444 e. The van der Waals surface area contributed by atoms with Crippen LogP contribution >= 0.6 is 0 Å². The molecule has 2 N–H and O–H groups in total. The van der Waals surface area contributed by atoms with E-state index in [4.69, 9.17) is 4.74 Å². The van der Waals surface area contributed by atoms with Crippen LogP contribution in [-0.2, 0) is 11.3 Å². The number of nitrogens with zero attached hydrogens (tertiary/aromatic N) is 3. The average molecular weight is 324 g/mol. The van der Waals surface area contributed by atoms with Crippen LogP contribution in [0.1, 0.15) is 33.3 Å². The fourth-order valence-electron chi connectivity index (χ4n) is 1.92. The van der Waals surface area contributed by atoms with Crippen molar-refractivity contribution in [2.75, 3.05) is 19.6 Å². The fraction of sp³-hybridized carbons (Fsp3) is 0.625. The van der Waals surface area contributed by atoms with Crippen molar-refractivity contribution in [2.45, 2.75) is 45.9 Å². The summed E-state index contributed by atoms with van der Waals surface area (Å²) >= 11 is 0. The maximum absolute atomic E-state index is 12.1. The smallest absolute Gasteiger partial charge is 0.410 e. The zero-order valence-electron chi connectivity index (χ0n) is 14.5. The molecule has 0 spiro atoms. The molecule has 1 unspecified atom stereocenters. The molecule has 0 saturated carbocycles. The first-order valence-electron chi connectivity index (χ1n) is 7.73. The van der Waals surface area contributed by atoms with Crippen LogP contribution < -0.4 is 5.32 Å². The van der Waals surface area contributed by atoms with Crippen molar-refractivity contribution >= 4 is 12.3 Å². The minimum absolute atomic E-state index is 0.241. The normalized spacial score (nSPS) is 12.7. The minimum atomic E-state index is -0.603. The predicted octanol–water partition coefficient (Wildman–Crippen LogP) is 1.69. The maximum atomic E-state index is 12.1. The van der Waals surface area contributed by atoms with Crippen LogP contribution in [-0.4, -0.2) is 57.2 Å². The molecular formula is C16H28N4O3. The van der Waals surface area contributed by atoms with Crippen LogP contribution in [0, 0.1) is 0 Å². The first-order chi connectivity index (χ1) is 10.7. The number of hydrogen-bond donors (Lipinski definition) is 2. The number of hydrogen-bond acceptors (Lipinski definition) is 5. The first-order valence-corrected chi connectivity index (χ1v) is 7.73. The fourth-order valence-corrected chi connectivity index (χ4v) is 1.92. The van der Waals surface area contributed by atoms with Crippen LogP contribution in [0.25, 0.3) is 6.20 Å². The van der Waals surface area contributed by atoms with Gasteiger partial charge in [-0.15, -0.1) is 0 Å². The molecule has 23 heavy (non-hydrogen) atoms. The topological polar surface area (TPSA) is 79.6 Å². The SMILES string of the molecule is C=Cn1cc(CNCCN(CC(C)O)C(=O)OC(C)(C)C)cn1. The number of aromatic nitrogens is 2. The van der Waals surface area contributed by atoms with Crippen LogP contribution in [0.4, 0.5) is 4.79 Å². The molecule has 1 amide bonds. The number of nitrogens with one attached hydrogen (secondary N) is 1. The second-order valence-electron chi connectivity index (χ2n) is 6.46. The quantitative estimate of drug-likeness (QED) is 0.711. The molecule has 0 radical (unpaired) electrons. The highest BCUT2D eigenvalue weighted by molar-refractivity contribution is 5.68. The van der Waals surface area contributed by atoms with E-state index in [1.54, 1.807) is 24.0 Å². The molecule has 1 heterocycles. The Balaban J connectivity index is 2.44. The Morgan fingerprint density at radius 1 is 1.61 bits per heavy atom. The molecule has 130 valence electrons. The predicted molar refractivity (Wildman–Crippen MR) is 89.8 cm³/mol. The monoisotopic (exact) mass is 324 g/mol. The van der Waals surface area contributed by atoms with Gasteiger partial charge in [0.1, 0.15) is 5.60 Å². The van der Waals surface area contributed by atoms with E-state index in [9.17, 15) is 9.90 Å². The molecule has 0 aromatic carbocycles. The Morgan fingerprint density at radius 3 is 2.83 bits per heavy atom. The third-order valence-corrected chi connectivity index (χ3v) is 2.87. The number of aliphatic hydroxyl groups is 1. The van der Waals surface area contributed by atoms with Gasteiger partial charge in [-0.3, -0.25) is 0 Å². The first kappa shape index (κ1) is 19.2. The number of aliphatic hydroxyl groups excluding tert-OH is 1. The van der Waals surface area contributed by atoms with Gasteiger partial charge in [-0.1, -0.05) is 6.58 Å². The largest absolute Gasteiger partial charge is 0.444 e. The van der Waals surface area contributed by atoms with Crippen molar-refractivity contribution in [3.63, 3.8) is 0 Å². The third kappa shape index (κ3) is 7.80. The van der Waals surface area contributed by atoms with Gasteiger partial charge in [0.2, 0.25) is 0 Å².